The fourth-order valence-corrected chi connectivity index (χ4v) is 2.45. The maximum Gasteiger partial charge on any atom is 0.242 e. The van der Waals surface area contributed by atoms with Crippen molar-refractivity contribution in [3.05, 3.63) is 29.3 Å². The van der Waals surface area contributed by atoms with Gasteiger partial charge in [0.15, 0.2) is 0 Å². The van der Waals surface area contributed by atoms with Crippen molar-refractivity contribution in [2.45, 2.75) is 19.4 Å². The van der Waals surface area contributed by atoms with Gasteiger partial charge in [0, 0.05) is 18.3 Å². The second-order valence-electron chi connectivity index (χ2n) is 4.43. The van der Waals surface area contributed by atoms with Crippen LogP contribution in [0.1, 0.15) is 24.2 Å². The highest BCUT2D eigenvalue weighted by atomic mass is 16.3. The lowest BCUT2D eigenvalue weighted by Crippen LogP contribution is -2.47. The number of primary amides is 1. The van der Waals surface area contributed by atoms with Crippen LogP contribution in [0.25, 0.3) is 0 Å². The molecule has 0 fully saturated rings. The molecule has 0 saturated heterocycles. The second kappa shape index (κ2) is 4.42. The number of benzene rings is 1. The topological polar surface area (TPSA) is 83.6 Å². The van der Waals surface area contributed by atoms with Gasteiger partial charge in [-0.1, -0.05) is 19.1 Å². The van der Waals surface area contributed by atoms with Crippen LogP contribution in [0.15, 0.2) is 18.2 Å². The van der Waals surface area contributed by atoms with Crippen molar-refractivity contribution in [2.24, 2.45) is 11.7 Å². The maximum atomic E-state index is 12.0. The SMILES string of the molecule is CCc1cccc2c1C(O)C(C(N)=O)C(=O)N2C. The molecule has 1 aliphatic heterocycles. The minimum Gasteiger partial charge on any atom is -0.387 e. The number of aliphatic hydroxyl groups is 1. The lowest BCUT2D eigenvalue weighted by Gasteiger charge is -2.35. The van der Waals surface area contributed by atoms with Gasteiger partial charge in [0.1, 0.15) is 12.0 Å². The predicted octanol–water partition coefficient (Wildman–Crippen LogP) is 0.360. The van der Waals surface area contributed by atoms with Gasteiger partial charge in [0.25, 0.3) is 0 Å². The Bertz CT molecular complexity index is 513. The van der Waals surface area contributed by atoms with Crippen molar-refractivity contribution in [1.29, 1.82) is 0 Å². The third-order valence-corrected chi connectivity index (χ3v) is 3.43. The van der Waals surface area contributed by atoms with Crippen LogP contribution in [-0.4, -0.2) is 24.0 Å². The summed E-state index contributed by atoms with van der Waals surface area (Å²) in [5, 5.41) is 10.2. The van der Waals surface area contributed by atoms with Gasteiger partial charge in [-0.05, 0) is 18.1 Å². The van der Waals surface area contributed by atoms with E-state index in [1.54, 1.807) is 13.1 Å². The van der Waals surface area contributed by atoms with Crippen molar-refractivity contribution in [3.8, 4) is 0 Å². The summed E-state index contributed by atoms with van der Waals surface area (Å²) in [6.45, 7) is 1.96. The standard InChI is InChI=1S/C13H16N2O3/c1-3-7-5-4-6-8-9(7)11(16)10(12(14)17)13(18)15(8)2/h4-6,10-11,16H,3H2,1-2H3,(H2,14,17). The van der Waals surface area contributed by atoms with Gasteiger partial charge in [-0.25, -0.2) is 0 Å². The number of carbonyl (C=O) groups is 2. The number of anilines is 1. The highest BCUT2D eigenvalue weighted by molar-refractivity contribution is 6.10. The fourth-order valence-electron chi connectivity index (χ4n) is 2.45. The highest BCUT2D eigenvalue weighted by Gasteiger charge is 2.42. The zero-order valence-corrected chi connectivity index (χ0v) is 10.4. The van der Waals surface area contributed by atoms with Crippen LogP contribution in [0.5, 0.6) is 0 Å². The average Bonchev–Trinajstić information content (AvgIpc) is 2.34. The molecule has 2 amide bonds. The third kappa shape index (κ3) is 1.67. The summed E-state index contributed by atoms with van der Waals surface area (Å²) in [6, 6.07) is 5.47. The van der Waals surface area contributed by atoms with E-state index >= 15 is 0 Å². The zero-order chi connectivity index (χ0) is 13.4. The summed E-state index contributed by atoms with van der Waals surface area (Å²) in [5.41, 5.74) is 7.41. The van der Waals surface area contributed by atoms with Gasteiger partial charge < -0.3 is 15.7 Å². The van der Waals surface area contributed by atoms with Crippen LogP contribution in [0.3, 0.4) is 0 Å². The predicted molar refractivity (Wildman–Crippen MR) is 66.9 cm³/mol. The van der Waals surface area contributed by atoms with Gasteiger partial charge in [-0.15, -0.1) is 0 Å². The number of nitrogens with two attached hydrogens (primary N) is 1. The number of aliphatic hydroxyl groups excluding tert-OH is 1. The van der Waals surface area contributed by atoms with Gasteiger partial charge in [-0.3, -0.25) is 9.59 Å². The Labute approximate surface area is 105 Å². The molecule has 0 aromatic heterocycles. The number of carbonyl (C=O) groups excluding carboxylic acids is 2. The van der Waals surface area contributed by atoms with Crippen molar-refractivity contribution in [2.75, 3.05) is 11.9 Å². The van der Waals surface area contributed by atoms with E-state index in [2.05, 4.69) is 0 Å². The fraction of sp³-hybridized carbons (Fsp3) is 0.385. The smallest absolute Gasteiger partial charge is 0.242 e. The minimum atomic E-state index is -1.20. The number of nitrogens with zero attached hydrogens (tertiary/aromatic N) is 1. The van der Waals surface area contributed by atoms with Crippen LogP contribution < -0.4 is 10.6 Å². The molecule has 2 rings (SSSR count). The summed E-state index contributed by atoms with van der Waals surface area (Å²) in [6.07, 6.45) is -0.439. The molecule has 0 radical (unpaired) electrons. The summed E-state index contributed by atoms with van der Waals surface area (Å²) in [4.78, 5) is 24.7. The van der Waals surface area contributed by atoms with Crippen molar-refractivity contribution in [3.63, 3.8) is 0 Å². The van der Waals surface area contributed by atoms with Gasteiger partial charge >= 0.3 is 0 Å². The van der Waals surface area contributed by atoms with Gasteiger partial charge in [0.05, 0.1) is 0 Å². The molecule has 18 heavy (non-hydrogen) atoms. The maximum absolute atomic E-state index is 12.0. The summed E-state index contributed by atoms with van der Waals surface area (Å²) in [5.74, 6) is -2.46. The molecule has 2 unspecified atom stereocenters. The van der Waals surface area contributed by atoms with Gasteiger partial charge in [-0.2, -0.15) is 0 Å². The molecule has 96 valence electrons. The Morgan fingerprint density at radius 2 is 2.17 bits per heavy atom. The lowest BCUT2D eigenvalue weighted by atomic mass is 9.85. The Kier molecular flexibility index (Phi) is 3.09. The van der Waals surface area contributed by atoms with Crippen LogP contribution in [0.2, 0.25) is 0 Å². The zero-order valence-electron chi connectivity index (χ0n) is 10.4. The molecule has 0 aliphatic carbocycles. The van der Waals surface area contributed by atoms with E-state index in [4.69, 9.17) is 5.73 Å². The molecule has 5 nitrogen and oxygen atoms in total. The van der Waals surface area contributed by atoms with E-state index in [1.807, 2.05) is 19.1 Å². The van der Waals surface area contributed by atoms with E-state index < -0.39 is 23.8 Å². The first-order valence-electron chi connectivity index (χ1n) is 5.85. The monoisotopic (exact) mass is 248 g/mol. The number of fused-ring (bicyclic) bond motifs is 1. The van der Waals surface area contributed by atoms with Crippen LogP contribution in [0, 0.1) is 5.92 Å². The Morgan fingerprint density at radius 1 is 1.50 bits per heavy atom. The first-order chi connectivity index (χ1) is 8.49. The summed E-state index contributed by atoms with van der Waals surface area (Å²) >= 11 is 0. The van der Waals surface area contributed by atoms with E-state index in [0.717, 1.165) is 5.56 Å². The molecule has 0 spiro atoms. The molecule has 5 heteroatoms. The molecular weight excluding hydrogens is 232 g/mol. The van der Waals surface area contributed by atoms with Crippen LogP contribution in [-0.2, 0) is 16.0 Å². The molecule has 2 atom stereocenters. The molecule has 1 aromatic carbocycles. The summed E-state index contributed by atoms with van der Waals surface area (Å²) < 4.78 is 0. The van der Waals surface area contributed by atoms with E-state index in [9.17, 15) is 14.7 Å². The summed E-state index contributed by atoms with van der Waals surface area (Å²) in [7, 11) is 1.59. The number of hydrogen-bond acceptors (Lipinski definition) is 3. The van der Waals surface area contributed by atoms with Crippen molar-refractivity contribution < 1.29 is 14.7 Å². The molecule has 0 saturated carbocycles. The van der Waals surface area contributed by atoms with Crippen LogP contribution >= 0.6 is 0 Å². The average molecular weight is 248 g/mol. The number of rotatable bonds is 2. The molecule has 1 aromatic rings. The first kappa shape index (κ1) is 12.6. The largest absolute Gasteiger partial charge is 0.387 e. The van der Waals surface area contributed by atoms with Crippen molar-refractivity contribution >= 4 is 17.5 Å². The second-order valence-corrected chi connectivity index (χ2v) is 4.43. The van der Waals surface area contributed by atoms with Gasteiger partial charge in [0.2, 0.25) is 11.8 Å². The highest BCUT2D eigenvalue weighted by Crippen LogP contribution is 2.39. The molecule has 1 heterocycles. The molecular formula is C13H16N2O3. The molecule has 1 aliphatic rings. The first-order valence-corrected chi connectivity index (χ1v) is 5.85. The third-order valence-electron chi connectivity index (χ3n) is 3.43. The Balaban J connectivity index is 2.64. The van der Waals surface area contributed by atoms with E-state index in [-0.39, 0.29) is 0 Å². The van der Waals surface area contributed by atoms with Crippen LogP contribution in [0.4, 0.5) is 5.69 Å². The molecule has 3 N–H and O–H groups in total. The quantitative estimate of drug-likeness (QED) is 0.741. The number of amides is 2. The van der Waals surface area contributed by atoms with E-state index in [0.29, 0.717) is 17.7 Å². The van der Waals surface area contributed by atoms with Crippen molar-refractivity contribution in [1.82, 2.24) is 0 Å². The molecule has 0 bridgehead atoms. The normalized spacial score (nSPS) is 22.8. The van der Waals surface area contributed by atoms with E-state index in [1.165, 1.54) is 4.90 Å². The minimum absolute atomic E-state index is 0.462. The lowest BCUT2D eigenvalue weighted by molar-refractivity contribution is -0.137. The number of aryl methyl sites for hydroxylation is 1. The number of hydrogen-bond donors (Lipinski definition) is 2. The Morgan fingerprint density at radius 3 is 2.72 bits per heavy atom. The Hall–Kier alpha value is -1.88.